The molecule has 0 saturated heterocycles. The fourth-order valence-corrected chi connectivity index (χ4v) is 8.39. The smallest absolute Gasteiger partial charge is 0.0798 e. The molecule has 1 radical (unpaired) electrons. The predicted octanol–water partition coefficient (Wildman–Crippen LogP) is 11.4. The fraction of sp³-hybridized carbons (Fsp3) is 0.244. The third-order valence-electron chi connectivity index (χ3n) is 9.39. The number of pyridine rings is 2. The minimum Gasteiger partial charge on any atom is -0.305 e. The van der Waals surface area contributed by atoms with Gasteiger partial charge in [-0.05, 0) is 64.2 Å². The molecule has 1 aliphatic carbocycles. The Morgan fingerprint density at radius 1 is 0.633 bits per heavy atom. The van der Waals surface area contributed by atoms with Crippen LogP contribution in [0.15, 0.2) is 128 Å². The Morgan fingerprint density at radius 2 is 1.22 bits per heavy atom. The second-order valence-electron chi connectivity index (χ2n) is 14.1. The first kappa shape index (κ1) is 36.3. The van der Waals surface area contributed by atoms with E-state index in [-0.39, 0.29) is 20.1 Å². The van der Waals surface area contributed by atoms with Gasteiger partial charge in [-0.25, -0.2) is 0 Å². The van der Waals surface area contributed by atoms with Crippen molar-refractivity contribution in [2.75, 3.05) is 0 Å². The van der Waals surface area contributed by atoms with Gasteiger partial charge in [-0.1, -0.05) is 118 Å². The zero-order valence-corrected chi connectivity index (χ0v) is 32.6. The zero-order valence-electron chi connectivity index (χ0n) is 29.2. The molecule has 1 saturated carbocycles. The number of rotatable bonds is 7. The molecular weight excluding hydrogens is 789 g/mol. The molecule has 4 heteroatoms. The molecule has 2 aromatic heterocycles. The maximum Gasteiger partial charge on any atom is 0.0798 e. The Morgan fingerprint density at radius 3 is 1.84 bits per heavy atom. The van der Waals surface area contributed by atoms with Crippen LogP contribution >= 0.6 is 0 Å². The molecule has 0 unspecified atom stereocenters. The number of nitrogens with zero attached hydrogens (tertiary/aromatic N) is 2. The van der Waals surface area contributed by atoms with Gasteiger partial charge in [0.2, 0.25) is 0 Å². The summed E-state index contributed by atoms with van der Waals surface area (Å²) in [4.78, 5) is 9.43. The van der Waals surface area contributed by atoms with E-state index in [1.54, 1.807) is 10.8 Å². The van der Waals surface area contributed by atoms with Crippen molar-refractivity contribution in [3.05, 3.63) is 151 Å². The summed E-state index contributed by atoms with van der Waals surface area (Å²) in [5, 5.41) is 1.54. The molecule has 251 valence electrons. The standard InChI is InChI=1S/C24H18N.C21H28NSi.Ir/c1-18-15-24(20-11-6-3-7-12-20)25-17-23(18)22-14-8-13-21(16-22)19-9-4-2-5-10-19;1-23(2,3)21-16-22-20(18-12-8-5-9-13-18)15-19(21)14-17-10-6-4-7-11-17;/h2-11,13-17H,1H3;5,8-9,12,15-17H,4,6-7,10-11,14H2,1-3H3;/q2*-1;. The molecule has 49 heavy (non-hydrogen) atoms. The second kappa shape index (κ2) is 17.1. The summed E-state index contributed by atoms with van der Waals surface area (Å²) in [6, 6.07) is 46.3. The van der Waals surface area contributed by atoms with Crippen molar-refractivity contribution in [3.63, 3.8) is 0 Å². The molecule has 0 atom stereocenters. The van der Waals surface area contributed by atoms with Crippen molar-refractivity contribution in [1.82, 2.24) is 9.97 Å². The average Bonchev–Trinajstić information content (AvgIpc) is 3.13. The maximum atomic E-state index is 4.77. The second-order valence-corrected chi connectivity index (χ2v) is 19.1. The topological polar surface area (TPSA) is 25.8 Å². The minimum absolute atomic E-state index is 0. The molecule has 2 nitrogen and oxygen atoms in total. The van der Waals surface area contributed by atoms with E-state index in [1.165, 1.54) is 60.8 Å². The molecule has 2 heterocycles. The Kier molecular flexibility index (Phi) is 12.7. The van der Waals surface area contributed by atoms with Crippen LogP contribution in [0, 0.1) is 25.0 Å². The SMILES string of the molecule is C[Si](C)(C)c1cnc(-c2[c-]cccc2)cc1CC1CCCCC1.Cc1cc(-c2[c-]cccc2)ncc1-c1cccc(-c2ccccc2)c1.[Ir]. The molecule has 1 fully saturated rings. The third kappa shape index (κ3) is 9.60. The molecule has 0 spiro atoms. The molecule has 6 aromatic rings. The molecule has 7 rings (SSSR count). The van der Waals surface area contributed by atoms with E-state index in [0.29, 0.717) is 0 Å². The van der Waals surface area contributed by atoms with Gasteiger partial charge in [-0.2, -0.15) is 0 Å². The van der Waals surface area contributed by atoms with Crippen LogP contribution in [0.25, 0.3) is 44.8 Å². The zero-order chi connectivity index (χ0) is 33.3. The molecular formula is C45H46IrN2Si-2. The van der Waals surface area contributed by atoms with Crippen LogP contribution < -0.4 is 5.19 Å². The number of aryl methyl sites for hydroxylation is 1. The maximum absolute atomic E-state index is 4.77. The van der Waals surface area contributed by atoms with E-state index >= 15 is 0 Å². The van der Waals surface area contributed by atoms with Gasteiger partial charge in [0.05, 0.1) is 8.07 Å². The van der Waals surface area contributed by atoms with Gasteiger partial charge in [-0.3, -0.25) is 0 Å². The van der Waals surface area contributed by atoms with Gasteiger partial charge >= 0.3 is 0 Å². The number of aromatic nitrogens is 2. The van der Waals surface area contributed by atoms with Gasteiger partial charge in [0.1, 0.15) is 0 Å². The van der Waals surface area contributed by atoms with Gasteiger partial charge in [-0.15, -0.1) is 71.8 Å². The van der Waals surface area contributed by atoms with Gasteiger partial charge in [0.25, 0.3) is 0 Å². The molecule has 0 aliphatic heterocycles. The van der Waals surface area contributed by atoms with Crippen molar-refractivity contribution in [2.45, 2.75) is 65.1 Å². The van der Waals surface area contributed by atoms with E-state index in [0.717, 1.165) is 34.0 Å². The molecule has 0 N–H and O–H groups in total. The Hall–Kier alpha value is -3.95. The summed E-state index contributed by atoms with van der Waals surface area (Å²) in [6.07, 6.45) is 12.4. The number of hydrogen-bond donors (Lipinski definition) is 0. The summed E-state index contributed by atoms with van der Waals surface area (Å²) >= 11 is 0. The summed E-state index contributed by atoms with van der Waals surface area (Å²) in [7, 11) is -1.36. The van der Waals surface area contributed by atoms with E-state index in [2.05, 4.69) is 123 Å². The van der Waals surface area contributed by atoms with E-state index in [1.807, 2.05) is 48.7 Å². The van der Waals surface area contributed by atoms with E-state index in [4.69, 9.17) is 4.98 Å². The molecule has 0 bridgehead atoms. The number of hydrogen-bond acceptors (Lipinski definition) is 2. The first-order chi connectivity index (χ1) is 23.3. The summed E-state index contributed by atoms with van der Waals surface area (Å²) in [6.45, 7) is 9.44. The Balaban J connectivity index is 0.000000188. The largest absolute Gasteiger partial charge is 0.305 e. The van der Waals surface area contributed by atoms with Gasteiger partial charge in [0, 0.05) is 38.1 Å². The van der Waals surface area contributed by atoms with Crippen LogP contribution in [0.4, 0.5) is 0 Å². The third-order valence-corrected chi connectivity index (χ3v) is 11.5. The summed E-state index contributed by atoms with van der Waals surface area (Å²) in [5.74, 6) is 0.869. The quantitative estimate of drug-likeness (QED) is 0.118. The van der Waals surface area contributed by atoms with E-state index < -0.39 is 8.07 Å². The first-order valence-electron chi connectivity index (χ1n) is 17.4. The monoisotopic (exact) mass is 835 g/mol. The molecule has 4 aromatic carbocycles. The van der Waals surface area contributed by atoms with Crippen LogP contribution in [0.5, 0.6) is 0 Å². The first-order valence-corrected chi connectivity index (χ1v) is 20.9. The molecule has 0 amide bonds. The summed E-state index contributed by atoms with van der Waals surface area (Å²) in [5.41, 5.74) is 11.7. The van der Waals surface area contributed by atoms with Gasteiger partial charge in [0.15, 0.2) is 0 Å². The van der Waals surface area contributed by atoms with E-state index in [9.17, 15) is 0 Å². The van der Waals surface area contributed by atoms with Crippen molar-refractivity contribution in [3.8, 4) is 44.8 Å². The average molecular weight is 835 g/mol. The van der Waals surface area contributed by atoms with Crippen LogP contribution in [0.2, 0.25) is 19.6 Å². The van der Waals surface area contributed by atoms with Crippen molar-refractivity contribution in [1.29, 1.82) is 0 Å². The van der Waals surface area contributed by atoms with Crippen LogP contribution in [0.1, 0.15) is 43.2 Å². The van der Waals surface area contributed by atoms with Crippen molar-refractivity contribution in [2.24, 2.45) is 5.92 Å². The Bertz CT molecular complexity index is 1910. The minimum atomic E-state index is -1.36. The Labute approximate surface area is 308 Å². The van der Waals surface area contributed by atoms with Crippen LogP contribution in [-0.2, 0) is 26.5 Å². The van der Waals surface area contributed by atoms with Crippen LogP contribution in [0.3, 0.4) is 0 Å². The number of benzene rings is 4. The fourth-order valence-electron chi connectivity index (χ4n) is 6.80. The summed E-state index contributed by atoms with van der Waals surface area (Å²) < 4.78 is 0. The van der Waals surface area contributed by atoms with Gasteiger partial charge < -0.3 is 9.97 Å². The predicted molar refractivity (Wildman–Crippen MR) is 206 cm³/mol. The van der Waals surface area contributed by atoms with Crippen molar-refractivity contribution >= 4 is 13.3 Å². The van der Waals surface area contributed by atoms with Crippen LogP contribution in [-0.4, -0.2) is 18.0 Å². The van der Waals surface area contributed by atoms with Crippen molar-refractivity contribution < 1.29 is 20.1 Å². The molecule has 1 aliphatic rings. The normalized spacial score (nSPS) is 13.1.